The van der Waals surface area contributed by atoms with Crippen LogP contribution in [0.1, 0.15) is 48.9 Å². The zero-order chi connectivity index (χ0) is 25.0. The second-order valence-corrected chi connectivity index (χ2v) is 9.03. The Morgan fingerprint density at radius 2 is 2.00 bits per heavy atom. The summed E-state index contributed by atoms with van der Waals surface area (Å²) in [6.07, 6.45) is -0.610. The Morgan fingerprint density at radius 3 is 2.59 bits per heavy atom. The molecule has 0 bridgehead atoms. The summed E-state index contributed by atoms with van der Waals surface area (Å²) >= 11 is 6.19. The van der Waals surface area contributed by atoms with Crippen molar-refractivity contribution in [2.24, 2.45) is 16.8 Å². The first kappa shape index (κ1) is 25.7. The second-order valence-electron chi connectivity index (χ2n) is 8.62. The van der Waals surface area contributed by atoms with E-state index in [-0.39, 0.29) is 57.6 Å². The molecule has 1 aliphatic carbocycles. The number of aryl methyl sites for hydroxylation is 1. The minimum Gasteiger partial charge on any atom is -0.507 e. The monoisotopic (exact) mass is 497 g/mol. The fraction of sp³-hybridized carbons (Fsp3) is 0.417. The fourth-order valence-corrected chi connectivity index (χ4v) is 3.31. The molecule has 1 heterocycles. The van der Waals surface area contributed by atoms with Crippen LogP contribution in [0.5, 0.6) is 11.6 Å². The maximum atomic E-state index is 14.0. The van der Waals surface area contributed by atoms with Crippen LogP contribution in [0.15, 0.2) is 35.6 Å². The van der Waals surface area contributed by atoms with Crippen LogP contribution >= 0.6 is 11.6 Å². The first-order valence-electron chi connectivity index (χ1n) is 10.8. The molecule has 34 heavy (non-hydrogen) atoms. The van der Waals surface area contributed by atoms with E-state index in [0.717, 1.165) is 18.9 Å². The van der Waals surface area contributed by atoms with Gasteiger partial charge >= 0.3 is 6.18 Å². The van der Waals surface area contributed by atoms with Crippen molar-refractivity contribution in [1.29, 1.82) is 0 Å². The standard InChI is InChI=1S/C24H27ClF3N3O3/c1-13(2)12-33-23-20(25)9-15(11-30-23)4-7-19(24(26,27)28)17-10-18(21(32)8-14(17)3)22(29)31-34-16-5-6-16/h7-11,13,16,32H,4-6,12H2,1-3H3,(H2,29,31)/b19-7+. The van der Waals surface area contributed by atoms with Crippen LogP contribution in [0, 0.1) is 12.8 Å². The molecule has 1 saturated carbocycles. The smallest absolute Gasteiger partial charge is 0.416 e. The van der Waals surface area contributed by atoms with Crippen LogP contribution in [0.4, 0.5) is 13.2 Å². The van der Waals surface area contributed by atoms with Gasteiger partial charge in [-0.3, -0.25) is 0 Å². The molecule has 0 atom stereocenters. The summed E-state index contributed by atoms with van der Waals surface area (Å²) in [6.45, 7) is 5.85. The van der Waals surface area contributed by atoms with Crippen molar-refractivity contribution in [1.82, 2.24) is 4.98 Å². The number of ether oxygens (including phenoxy) is 1. The highest BCUT2D eigenvalue weighted by Crippen LogP contribution is 2.38. The lowest BCUT2D eigenvalue weighted by Crippen LogP contribution is -2.17. The Labute approximate surface area is 201 Å². The average Bonchev–Trinajstić information content (AvgIpc) is 3.56. The number of rotatable bonds is 9. The van der Waals surface area contributed by atoms with Crippen molar-refractivity contribution >= 4 is 23.0 Å². The van der Waals surface area contributed by atoms with Gasteiger partial charge in [0.15, 0.2) is 5.84 Å². The highest BCUT2D eigenvalue weighted by atomic mass is 35.5. The molecule has 1 fully saturated rings. The number of amidine groups is 1. The third kappa shape index (κ3) is 6.79. The van der Waals surface area contributed by atoms with Crippen LogP contribution < -0.4 is 10.5 Å². The number of nitrogens with zero attached hydrogens (tertiary/aromatic N) is 2. The molecule has 0 amide bonds. The maximum Gasteiger partial charge on any atom is 0.416 e. The van der Waals surface area contributed by atoms with E-state index >= 15 is 0 Å². The zero-order valence-corrected chi connectivity index (χ0v) is 19.9. The number of aromatic hydroxyl groups is 1. The largest absolute Gasteiger partial charge is 0.507 e. The molecule has 0 unspecified atom stereocenters. The molecule has 3 rings (SSSR count). The van der Waals surface area contributed by atoms with Crippen molar-refractivity contribution in [3.05, 3.63) is 57.7 Å². The van der Waals surface area contributed by atoms with Gasteiger partial charge in [-0.15, -0.1) is 0 Å². The van der Waals surface area contributed by atoms with Gasteiger partial charge in [-0.1, -0.05) is 36.7 Å². The predicted molar refractivity (Wildman–Crippen MR) is 125 cm³/mol. The summed E-state index contributed by atoms with van der Waals surface area (Å²) in [7, 11) is 0. The quantitative estimate of drug-likeness (QED) is 0.261. The van der Waals surface area contributed by atoms with Gasteiger partial charge in [0.05, 0.1) is 17.7 Å². The highest BCUT2D eigenvalue weighted by molar-refractivity contribution is 6.31. The van der Waals surface area contributed by atoms with Gasteiger partial charge in [0.2, 0.25) is 5.88 Å². The van der Waals surface area contributed by atoms with E-state index in [1.54, 1.807) is 0 Å². The van der Waals surface area contributed by atoms with Crippen LogP contribution in [0.3, 0.4) is 0 Å². The number of hydrogen-bond acceptors (Lipinski definition) is 5. The molecule has 6 nitrogen and oxygen atoms in total. The average molecular weight is 498 g/mol. The van der Waals surface area contributed by atoms with Crippen molar-refractivity contribution in [2.75, 3.05) is 6.61 Å². The van der Waals surface area contributed by atoms with Crippen molar-refractivity contribution in [3.8, 4) is 11.6 Å². The first-order chi connectivity index (χ1) is 16.0. The number of allylic oxidation sites excluding steroid dienone is 2. The fourth-order valence-electron chi connectivity index (χ4n) is 3.07. The topological polar surface area (TPSA) is 90.0 Å². The number of phenolic OH excluding ortho intramolecular Hbond substituents is 1. The van der Waals surface area contributed by atoms with E-state index in [4.69, 9.17) is 26.9 Å². The van der Waals surface area contributed by atoms with Crippen LogP contribution in [0.2, 0.25) is 5.02 Å². The minimum absolute atomic E-state index is 0.0345. The number of halogens is 4. The highest BCUT2D eigenvalue weighted by Gasteiger charge is 2.36. The molecule has 0 radical (unpaired) electrons. The summed E-state index contributed by atoms with van der Waals surface area (Å²) in [5.41, 5.74) is 5.55. The molecule has 0 saturated heterocycles. The van der Waals surface area contributed by atoms with Crippen LogP contribution in [-0.2, 0) is 11.3 Å². The van der Waals surface area contributed by atoms with Crippen molar-refractivity contribution in [2.45, 2.75) is 52.3 Å². The number of alkyl halides is 3. The lowest BCUT2D eigenvalue weighted by Gasteiger charge is -2.17. The molecule has 1 aliphatic rings. The number of pyridine rings is 1. The van der Waals surface area contributed by atoms with Gasteiger partial charge in [0, 0.05) is 6.20 Å². The third-order valence-electron chi connectivity index (χ3n) is 5.00. The molecule has 3 N–H and O–H groups in total. The van der Waals surface area contributed by atoms with Crippen LogP contribution in [0.25, 0.3) is 5.57 Å². The molecule has 0 aliphatic heterocycles. The van der Waals surface area contributed by atoms with Crippen molar-refractivity contribution in [3.63, 3.8) is 0 Å². The Morgan fingerprint density at radius 1 is 1.29 bits per heavy atom. The lowest BCUT2D eigenvalue weighted by molar-refractivity contribution is -0.0690. The molecule has 1 aromatic heterocycles. The van der Waals surface area contributed by atoms with Gasteiger partial charge in [-0.2, -0.15) is 13.2 Å². The normalized spacial score (nSPS) is 15.1. The van der Waals surface area contributed by atoms with Gasteiger partial charge in [0.1, 0.15) is 16.9 Å². The predicted octanol–water partition coefficient (Wildman–Crippen LogP) is 5.77. The van der Waals surface area contributed by atoms with E-state index < -0.39 is 11.7 Å². The summed E-state index contributed by atoms with van der Waals surface area (Å²) in [6, 6.07) is 3.93. The summed E-state index contributed by atoms with van der Waals surface area (Å²) in [4.78, 5) is 9.29. The lowest BCUT2D eigenvalue weighted by atomic mass is 9.95. The van der Waals surface area contributed by atoms with E-state index in [0.29, 0.717) is 12.2 Å². The first-order valence-corrected chi connectivity index (χ1v) is 11.2. The van der Waals surface area contributed by atoms with E-state index in [1.807, 2.05) is 13.8 Å². The second kappa shape index (κ2) is 10.5. The number of aromatic nitrogens is 1. The van der Waals surface area contributed by atoms with Gasteiger partial charge in [-0.05, 0) is 67.0 Å². The van der Waals surface area contributed by atoms with Gasteiger partial charge < -0.3 is 20.4 Å². The Bertz CT molecular complexity index is 1100. The SMILES string of the molecule is Cc1cc(O)c(/C(N)=N/OC2CC2)cc1/C(=C\Cc1cnc(OCC(C)C)c(Cl)c1)C(F)(F)F. The minimum atomic E-state index is -4.66. The summed E-state index contributed by atoms with van der Waals surface area (Å²) in [5.74, 6) is 0.0329. The molecular formula is C24H27ClF3N3O3. The Balaban J connectivity index is 1.91. The maximum absolute atomic E-state index is 14.0. The Kier molecular flexibility index (Phi) is 7.97. The number of hydrogen-bond donors (Lipinski definition) is 2. The molecular weight excluding hydrogens is 471 g/mol. The molecule has 1 aromatic carbocycles. The van der Waals surface area contributed by atoms with E-state index in [1.165, 1.54) is 31.3 Å². The third-order valence-corrected chi connectivity index (χ3v) is 5.27. The van der Waals surface area contributed by atoms with Crippen LogP contribution in [-0.4, -0.2) is 34.8 Å². The van der Waals surface area contributed by atoms with Gasteiger partial charge in [-0.25, -0.2) is 4.98 Å². The number of phenols is 1. The van der Waals surface area contributed by atoms with E-state index in [2.05, 4.69) is 10.1 Å². The van der Waals surface area contributed by atoms with Crippen molar-refractivity contribution < 1.29 is 27.9 Å². The zero-order valence-electron chi connectivity index (χ0n) is 19.1. The molecule has 2 aromatic rings. The van der Waals surface area contributed by atoms with Gasteiger partial charge in [0.25, 0.3) is 0 Å². The number of nitrogens with two attached hydrogens (primary N) is 1. The van der Waals surface area contributed by atoms with E-state index in [9.17, 15) is 18.3 Å². The number of benzene rings is 1. The Hall–Kier alpha value is -2.94. The summed E-state index contributed by atoms with van der Waals surface area (Å²) < 4.78 is 47.6. The molecule has 184 valence electrons. The molecule has 10 heteroatoms. The molecule has 0 spiro atoms. The number of oxime groups is 1. The summed E-state index contributed by atoms with van der Waals surface area (Å²) in [5, 5.41) is 14.2.